The Morgan fingerprint density at radius 3 is 2.73 bits per heavy atom. The van der Waals surface area contributed by atoms with Crippen LogP contribution in [-0.4, -0.2) is 18.3 Å². The quantitative estimate of drug-likeness (QED) is 0.671. The Kier molecular flexibility index (Phi) is 4.85. The van der Waals surface area contributed by atoms with E-state index >= 15 is 0 Å². The van der Waals surface area contributed by atoms with E-state index in [0.717, 1.165) is 5.03 Å². The van der Waals surface area contributed by atoms with Crippen molar-refractivity contribution in [2.75, 3.05) is 18.1 Å². The van der Waals surface area contributed by atoms with E-state index in [1.54, 1.807) is 23.1 Å². The summed E-state index contributed by atoms with van der Waals surface area (Å²) in [5, 5.41) is 11.9. The van der Waals surface area contributed by atoms with Gasteiger partial charge in [-0.2, -0.15) is 4.57 Å². The van der Waals surface area contributed by atoms with Gasteiger partial charge in [0, 0.05) is 23.6 Å². The standard InChI is InChI=1S/C21H21N2OS2/c1-15(13-20-22(2)16-7-3-5-9-18(16)25-20)14-21-23(11-12-24)17-8-4-6-10-19(17)26-21/h3-10,13-14,24H,11-12H2,1-2H3/q+1. The van der Waals surface area contributed by atoms with Crippen molar-refractivity contribution in [2.45, 2.75) is 11.8 Å². The van der Waals surface area contributed by atoms with Crippen LogP contribution in [0.1, 0.15) is 11.9 Å². The molecule has 0 atom stereocenters. The zero-order valence-corrected chi connectivity index (χ0v) is 16.5. The van der Waals surface area contributed by atoms with Crippen molar-refractivity contribution in [3.05, 3.63) is 70.2 Å². The molecule has 5 heteroatoms. The number of thiazole rings is 1. The summed E-state index contributed by atoms with van der Waals surface area (Å²) in [6, 6.07) is 16.8. The number of thioether (sulfide) groups is 1. The fourth-order valence-electron chi connectivity index (χ4n) is 3.17. The van der Waals surface area contributed by atoms with E-state index in [2.05, 4.69) is 78.1 Å². The van der Waals surface area contributed by atoms with Crippen LogP contribution in [-0.2, 0) is 7.05 Å². The third-order valence-corrected chi connectivity index (χ3v) is 6.71. The van der Waals surface area contributed by atoms with Crippen LogP contribution in [0, 0.1) is 0 Å². The molecule has 0 unspecified atom stereocenters. The van der Waals surface area contributed by atoms with Crippen LogP contribution >= 0.6 is 23.1 Å². The lowest BCUT2D eigenvalue weighted by Crippen LogP contribution is -2.28. The maximum Gasteiger partial charge on any atom is 0.262 e. The molecule has 26 heavy (non-hydrogen) atoms. The number of aliphatic hydroxyl groups is 1. The highest BCUT2D eigenvalue weighted by Gasteiger charge is 2.24. The summed E-state index contributed by atoms with van der Waals surface area (Å²) in [4.78, 5) is 3.44. The largest absolute Gasteiger partial charge is 0.395 e. The third kappa shape index (κ3) is 3.18. The lowest BCUT2D eigenvalue weighted by atomic mass is 10.2. The first-order chi connectivity index (χ1) is 12.7. The van der Waals surface area contributed by atoms with E-state index in [-0.39, 0.29) is 6.61 Å². The number of β-amino-alcohol motifs (C(OH)–C–C–N with tert-alkyl or cyclic N) is 1. The number of hydrogen-bond acceptors (Lipinski definition) is 4. The predicted molar refractivity (Wildman–Crippen MR) is 111 cm³/mol. The summed E-state index contributed by atoms with van der Waals surface area (Å²) < 4.78 is 3.54. The van der Waals surface area contributed by atoms with Gasteiger partial charge < -0.3 is 10.0 Å². The number of aromatic nitrogens is 1. The van der Waals surface area contributed by atoms with Crippen molar-refractivity contribution in [1.82, 2.24) is 0 Å². The van der Waals surface area contributed by atoms with Gasteiger partial charge in [-0.25, -0.2) is 0 Å². The molecule has 0 amide bonds. The minimum Gasteiger partial charge on any atom is -0.395 e. The van der Waals surface area contributed by atoms with E-state index in [1.807, 2.05) is 6.07 Å². The summed E-state index contributed by atoms with van der Waals surface area (Å²) in [5.74, 6) is 0. The molecule has 0 spiro atoms. The number of aliphatic hydroxyl groups excluding tert-OH is 1. The topological polar surface area (TPSA) is 27.4 Å². The Morgan fingerprint density at radius 2 is 1.92 bits per heavy atom. The molecule has 1 N–H and O–H groups in total. The first-order valence-corrected chi connectivity index (χ1v) is 10.2. The van der Waals surface area contributed by atoms with Crippen LogP contribution in [0.2, 0.25) is 0 Å². The van der Waals surface area contributed by atoms with Crippen LogP contribution in [0.25, 0.3) is 16.3 Å². The van der Waals surface area contributed by atoms with Crippen LogP contribution in [0.5, 0.6) is 0 Å². The van der Waals surface area contributed by atoms with Gasteiger partial charge in [0.05, 0.1) is 17.3 Å². The molecule has 1 aliphatic heterocycles. The molecule has 4 rings (SSSR count). The molecular formula is C21H21N2OS2+. The summed E-state index contributed by atoms with van der Waals surface area (Å²) >= 11 is 3.57. The minimum absolute atomic E-state index is 0.139. The first-order valence-electron chi connectivity index (χ1n) is 8.60. The number of fused-ring (bicyclic) bond motifs is 2. The monoisotopic (exact) mass is 381 g/mol. The average molecular weight is 382 g/mol. The number of benzene rings is 2. The second-order valence-corrected chi connectivity index (χ2v) is 8.41. The van der Waals surface area contributed by atoms with E-state index in [4.69, 9.17) is 0 Å². The maximum atomic E-state index is 9.46. The second-order valence-electron chi connectivity index (χ2n) is 6.28. The molecule has 1 aromatic heterocycles. The molecule has 0 saturated carbocycles. The number of allylic oxidation sites excluding steroid dienone is 2. The van der Waals surface area contributed by atoms with Crippen molar-refractivity contribution >= 4 is 45.1 Å². The number of nitrogens with zero attached hydrogens (tertiary/aromatic N) is 2. The fraction of sp³-hybridized carbons (Fsp3) is 0.190. The van der Waals surface area contributed by atoms with Gasteiger partial charge in [-0.05, 0) is 36.8 Å². The maximum absolute atomic E-state index is 9.46. The van der Waals surface area contributed by atoms with Crippen molar-refractivity contribution in [2.24, 2.45) is 7.05 Å². The Morgan fingerprint density at radius 1 is 1.15 bits per heavy atom. The van der Waals surface area contributed by atoms with Gasteiger partial charge in [0.2, 0.25) is 5.52 Å². The lowest BCUT2D eigenvalue weighted by molar-refractivity contribution is -0.642. The molecule has 3 nitrogen and oxygen atoms in total. The Balaban J connectivity index is 1.68. The Bertz CT molecular complexity index is 1020. The van der Waals surface area contributed by atoms with Gasteiger partial charge in [-0.15, -0.1) is 0 Å². The van der Waals surface area contributed by atoms with Crippen molar-refractivity contribution in [3.8, 4) is 0 Å². The fourth-order valence-corrected chi connectivity index (χ4v) is 5.53. The summed E-state index contributed by atoms with van der Waals surface area (Å²) in [5.41, 5.74) is 3.64. The highest BCUT2D eigenvalue weighted by molar-refractivity contribution is 8.03. The Labute approximate surface area is 161 Å². The number of hydrogen-bond donors (Lipinski definition) is 1. The van der Waals surface area contributed by atoms with Crippen molar-refractivity contribution < 1.29 is 9.67 Å². The van der Waals surface area contributed by atoms with E-state index in [9.17, 15) is 5.11 Å². The van der Waals surface area contributed by atoms with E-state index in [0.29, 0.717) is 6.54 Å². The van der Waals surface area contributed by atoms with Gasteiger partial charge in [0.25, 0.3) is 5.01 Å². The number of anilines is 1. The SMILES string of the molecule is CC(=C/c1sc2ccccc2[n+]1C)/C=C1/Sc2ccccc2N1CCO. The lowest BCUT2D eigenvalue weighted by Gasteiger charge is -2.19. The zero-order valence-electron chi connectivity index (χ0n) is 14.8. The highest BCUT2D eigenvalue weighted by Crippen LogP contribution is 2.45. The minimum atomic E-state index is 0.139. The molecule has 3 aromatic rings. The van der Waals surface area contributed by atoms with Crippen molar-refractivity contribution in [3.63, 3.8) is 0 Å². The molecule has 0 bridgehead atoms. The summed E-state index contributed by atoms with van der Waals surface area (Å²) in [7, 11) is 2.11. The molecule has 0 radical (unpaired) electrons. The smallest absolute Gasteiger partial charge is 0.262 e. The molecule has 132 valence electrons. The van der Waals surface area contributed by atoms with Crippen molar-refractivity contribution in [1.29, 1.82) is 0 Å². The summed E-state index contributed by atoms with van der Waals surface area (Å²) in [6.45, 7) is 2.89. The number of para-hydroxylation sites is 2. The molecule has 2 heterocycles. The third-order valence-electron chi connectivity index (χ3n) is 4.43. The molecule has 0 saturated heterocycles. The molecule has 2 aromatic carbocycles. The number of aryl methyl sites for hydroxylation is 1. The van der Waals surface area contributed by atoms with Crippen LogP contribution in [0.15, 0.2) is 70.1 Å². The highest BCUT2D eigenvalue weighted by atomic mass is 32.2. The second kappa shape index (κ2) is 7.27. The normalized spacial score (nSPS) is 15.9. The van der Waals surface area contributed by atoms with Gasteiger partial charge in [0.1, 0.15) is 11.7 Å². The number of rotatable bonds is 4. The van der Waals surface area contributed by atoms with Gasteiger partial charge >= 0.3 is 0 Å². The van der Waals surface area contributed by atoms with Crippen LogP contribution in [0.4, 0.5) is 5.69 Å². The molecule has 1 aliphatic rings. The summed E-state index contributed by atoms with van der Waals surface area (Å²) in [6.07, 6.45) is 4.45. The average Bonchev–Trinajstić information content (AvgIpc) is 3.14. The van der Waals surface area contributed by atoms with Crippen LogP contribution in [0.3, 0.4) is 0 Å². The first kappa shape index (κ1) is 17.3. The Hall–Kier alpha value is -2.08. The van der Waals surface area contributed by atoms with Crippen LogP contribution < -0.4 is 9.47 Å². The predicted octanol–water partition coefficient (Wildman–Crippen LogP) is 4.58. The van der Waals surface area contributed by atoms with Gasteiger partial charge in [0.15, 0.2) is 0 Å². The molecule has 0 aliphatic carbocycles. The molecular weight excluding hydrogens is 360 g/mol. The molecule has 0 fully saturated rings. The van der Waals surface area contributed by atoms with E-state index in [1.165, 1.54) is 31.4 Å². The van der Waals surface area contributed by atoms with Gasteiger partial charge in [-0.3, -0.25) is 0 Å². The van der Waals surface area contributed by atoms with E-state index < -0.39 is 0 Å². The van der Waals surface area contributed by atoms with Gasteiger partial charge in [-0.1, -0.05) is 47.4 Å². The zero-order chi connectivity index (χ0) is 18.1.